The summed E-state index contributed by atoms with van der Waals surface area (Å²) in [5, 5.41) is 6.55. The molecule has 1 aliphatic heterocycles. The maximum Gasteiger partial charge on any atom is 0.293 e. The van der Waals surface area contributed by atoms with Gasteiger partial charge in [-0.3, -0.25) is 9.89 Å². The van der Waals surface area contributed by atoms with Gasteiger partial charge in [0, 0.05) is 19.1 Å². The third-order valence-electron chi connectivity index (χ3n) is 3.04. The van der Waals surface area contributed by atoms with Crippen molar-refractivity contribution in [1.82, 2.24) is 20.1 Å². The SMILES string of the molecule is Cc1nc(C(=O)N2CCC(C(C)N)C2)n[nH]1. The summed E-state index contributed by atoms with van der Waals surface area (Å²) >= 11 is 0. The summed E-state index contributed by atoms with van der Waals surface area (Å²) in [6.45, 7) is 5.22. The number of carbonyl (C=O) groups excluding carboxylic acids is 1. The lowest BCUT2D eigenvalue weighted by atomic mass is 10.0. The predicted molar refractivity (Wildman–Crippen MR) is 58.8 cm³/mol. The summed E-state index contributed by atoms with van der Waals surface area (Å²) in [5.74, 6) is 1.20. The fraction of sp³-hybridized carbons (Fsp3) is 0.700. The second-order valence-electron chi connectivity index (χ2n) is 4.40. The lowest BCUT2D eigenvalue weighted by molar-refractivity contribution is 0.0774. The highest BCUT2D eigenvalue weighted by atomic mass is 16.2. The molecule has 16 heavy (non-hydrogen) atoms. The largest absolute Gasteiger partial charge is 0.336 e. The zero-order valence-corrected chi connectivity index (χ0v) is 9.60. The Morgan fingerprint density at radius 3 is 2.94 bits per heavy atom. The van der Waals surface area contributed by atoms with Crippen LogP contribution in [-0.4, -0.2) is 45.1 Å². The molecule has 6 heteroatoms. The zero-order valence-electron chi connectivity index (χ0n) is 9.60. The highest BCUT2D eigenvalue weighted by Gasteiger charge is 2.30. The van der Waals surface area contributed by atoms with Crippen molar-refractivity contribution < 1.29 is 4.79 Å². The van der Waals surface area contributed by atoms with Crippen LogP contribution in [0.15, 0.2) is 0 Å². The molecule has 0 spiro atoms. The van der Waals surface area contributed by atoms with Crippen molar-refractivity contribution in [3.63, 3.8) is 0 Å². The number of aryl methyl sites for hydroxylation is 1. The van der Waals surface area contributed by atoms with Crippen LogP contribution in [0.4, 0.5) is 0 Å². The Kier molecular flexibility index (Phi) is 2.91. The highest BCUT2D eigenvalue weighted by Crippen LogP contribution is 2.19. The number of hydrogen-bond donors (Lipinski definition) is 2. The standard InChI is InChI=1S/C10H17N5O/c1-6(11)8-3-4-15(5-8)10(16)9-12-7(2)13-14-9/h6,8H,3-5,11H2,1-2H3,(H,12,13,14). The lowest BCUT2D eigenvalue weighted by Gasteiger charge is -2.16. The van der Waals surface area contributed by atoms with E-state index in [1.807, 2.05) is 6.92 Å². The monoisotopic (exact) mass is 223 g/mol. The van der Waals surface area contributed by atoms with Crippen molar-refractivity contribution in [2.45, 2.75) is 26.3 Å². The van der Waals surface area contributed by atoms with Gasteiger partial charge in [-0.1, -0.05) is 0 Å². The Labute approximate surface area is 94.2 Å². The quantitative estimate of drug-likeness (QED) is 0.734. The van der Waals surface area contributed by atoms with E-state index in [4.69, 9.17) is 5.73 Å². The summed E-state index contributed by atoms with van der Waals surface area (Å²) in [4.78, 5) is 17.8. The summed E-state index contributed by atoms with van der Waals surface area (Å²) in [7, 11) is 0. The molecular formula is C10H17N5O. The topological polar surface area (TPSA) is 87.9 Å². The molecule has 1 amide bonds. The first-order valence-electron chi connectivity index (χ1n) is 5.52. The van der Waals surface area contributed by atoms with Crippen LogP contribution in [0.2, 0.25) is 0 Å². The molecule has 1 aliphatic rings. The number of aromatic amines is 1. The van der Waals surface area contributed by atoms with Gasteiger partial charge in [0.15, 0.2) is 0 Å². The van der Waals surface area contributed by atoms with Gasteiger partial charge in [-0.05, 0) is 26.2 Å². The molecule has 3 N–H and O–H groups in total. The Morgan fingerprint density at radius 1 is 1.69 bits per heavy atom. The van der Waals surface area contributed by atoms with Crippen molar-refractivity contribution in [1.29, 1.82) is 0 Å². The fourth-order valence-electron chi connectivity index (χ4n) is 1.98. The van der Waals surface area contributed by atoms with E-state index in [2.05, 4.69) is 15.2 Å². The lowest BCUT2D eigenvalue weighted by Crippen LogP contribution is -2.33. The normalized spacial score (nSPS) is 22.4. The van der Waals surface area contributed by atoms with Gasteiger partial charge in [-0.25, -0.2) is 4.98 Å². The molecule has 1 saturated heterocycles. The van der Waals surface area contributed by atoms with E-state index < -0.39 is 0 Å². The molecule has 0 bridgehead atoms. The third kappa shape index (κ3) is 2.06. The van der Waals surface area contributed by atoms with Crippen molar-refractivity contribution in [3.8, 4) is 0 Å². The maximum atomic E-state index is 12.0. The van der Waals surface area contributed by atoms with Gasteiger partial charge in [-0.2, -0.15) is 0 Å². The highest BCUT2D eigenvalue weighted by molar-refractivity contribution is 5.90. The van der Waals surface area contributed by atoms with Crippen molar-refractivity contribution in [2.24, 2.45) is 11.7 Å². The summed E-state index contributed by atoms with van der Waals surface area (Å²) in [5.41, 5.74) is 5.83. The van der Waals surface area contributed by atoms with Crippen LogP contribution in [0.1, 0.15) is 29.8 Å². The molecule has 2 heterocycles. The van der Waals surface area contributed by atoms with E-state index in [1.165, 1.54) is 0 Å². The second kappa shape index (κ2) is 4.21. The molecule has 0 aliphatic carbocycles. The molecule has 88 valence electrons. The molecule has 0 saturated carbocycles. The molecule has 0 radical (unpaired) electrons. The average Bonchev–Trinajstić information content (AvgIpc) is 2.84. The van der Waals surface area contributed by atoms with Gasteiger partial charge in [0.25, 0.3) is 5.91 Å². The Hall–Kier alpha value is -1.43. The van der Waals surface area contributed by atoms with Crippen LogP contribution >= 0.6 is 0 Å². The Bertz CT molecular complexity index is 386. The Balaban J connectivity index is 2.02. The number of nitrogens with one attached hydrogen (secondary N) is 1. The zero-order chi connectivity index (χ0) is 11.7. The number of H-pyrrole nitrogens is 1. The fourth-order valence-corrected chi connectivity index (χ4v) is 1.98. The first-order chi connectivity index (χ1) is 7.58. The van der Waals surface area contributed by atoms with E-state index in [9.17, 15) is 4.79 Å². The third-order valence-corrected chi connectivity index (χ3v) is 3.04. The smallest absolute Gasteiger partial charge is 0.293 e. The van der Waals surface area contributed by atoms with Crippen LogP contribution in [-0.2, 0) is 0 Å². The molecule has 2 unspecified atom stereocenters. The van der Waals surface area contributed by atoms with Gasteiger partial charge in [0.1, 0.15) is 5.82 Å². The minimum Gasteiger partial charge on any atom is -0.336 e. The summed E-state index contributed by atoms with van der Waals surface area (Å²) < 4.78 is 0. The number of nitrogens with two attached hydrogens (primary N) is 1. The van der Waals surface area contributed by atoms with E-state index >= 15 is 0 Å². The average molecular weight is 223 g/mol. The van der Waals surface area contributed by atoms with Crippen LogP contribution in [0.3, 0.4) is 0 Å². The molecule has 1 aromatic heterocycles. The summed E-state index contributed by atoms with van der Waals surface area (Å²) in [6, 6.07) is 0.131. The van der Waals surface area contributed by atoms with Crippen LogP contribution in [0.25, 0.3) is 0 Å². The molecule has 1 aromatic rings. The predicted octanol–water partition coefficient (Wildman–Crippen LogP) is -0.0776. The number of carbonyl (C=O) groups is 1. The minimum atomic E-state index is -0.104. The first kappa shape index (κ1) is 11.1. The molecule has 2 atom stereocenters. The van der Waals surface area contributed by atoms with Gasteiger partial charge in [0.2, 0.25) is 5.82 Å². The molecule has 0 aromatic carbocycles. The molecule has 6 nitrogen and oxygen atoms in total. The number of rotatable bonds is 2. The van der Waals surface area contributed by atoms with E-state index in [-0.39, 0.29) is 17.8 Å². The number of nitrogens with zero attached hydrogens (tertiary/aromatic N) is 3. The molecular weight excluding hydrogens is 206 g/mol. The number of hydrogen-bond acceptors (Lipinski definition) is 4. The van der Waals surface area contributed by atoms with E-state index in [1.54, 1.807) is 11.8 Å². The van der Waals surface area contributed by atoms with Crippen LogP contribution in [0, 0.1) is 12.8 Å². The number of amides is 1. The molecule has 2 rings (SSSR count). The van der Waals surface area contributed by atoms with Crippen molar-refractivity contribution in [2.75, 3.05) is 13.1 Å². The van der Waals surface area contributed by atoms with Gasteiger partial charge in [0.05, 0.1) is 0 Å². The minimum absolute atomic E-state index is 0.104. The summed E-state index contributed by atoms with van der Waals surface area (Å²) in [6.07, 6.45) is 0.965. The number of aromatic nitrogens is 3. The first-order valence-corrected chi connectivity index (χ1v) is 5.52. The number of likely N-dealkylation sites (tertiary alicyclic amines) is 1. The molecule has 1 fully saturated rings. The van der Waals surface area contributed by atoms with Crippen LogP contribution < -0.4 is 5.73 Å². The van der Waals surface area contributed by atoms with Crippen molar-refractivity contribution in [3.05, 3.63) is 11.6 Å². The van der Waals surface area contributed by atoms with Crippen molar-refractivity contribution >= 4 is 5.91 Å². The Morgan fingerprint density at radius 2 is 2.44 bits per heavy atom. The van der Waals surface area contributed by atoms with E-state index in [0.29, 0.717) is 18.3 Å². The second-order valence-corrected chi connectivity index (χ2v) is 4.40. The van der Waals surface area contributed by atoms with E-state index in [0.717, 1.165) is 13.0 Å². The maximum absolute atomic E-state index is 12.0. The van der Waals surface area contributed by atoms with Gasteiger partial charge >= 0.3 is 0 Å². The van der Waals surface area contributed by atoms with Gasteiger partial charge in [-0.15, -0.1) is 5.10 Å². The van der Waals surface area contributed by atoms with Gasteiger partial charge < -0.3 is 10.6 Å². The van der Waals surface area contributed by atoms with Crippen LogP contribution in [0.5, 0.6) is 0 Å².